The average molecular weight is 792 g/mol. The molecule has 5 aromatic rings. The number of anilines is 1. The van der Waals surface area contributed by atoms with Gasteiger partial charge in [-0.1, -0.05) is 31.9 Å². The molecule has 1 aromatic carbocycles. The van der Waals surface area contributed by atoms with Gasteiger partial charge < -0.3 is 15.0 Å². The van der Waals surface area contributed by atoms with Crippen LogP contribution in [0.3, 0.4) is 0 Å². The van der Waals surface area contributed by atoms with Crippen LogP contribution < -0.4 is 10.1 Å². The van der Waals surface area contributed by atoms with Gasteiger partial charge in [0.2, 0.25) is 17.7 Å². The lowest BCUT2D eigenvalue weighted by molar-refractivity contribution is -0.138. The number of nitrogens with zero attached hydrogens (tertiary/aromatic N) is 7. The van der Waals surface area contributed by atoms with E-state index in [0.717, 1.165) is 72.0 Å². The van der Waals surface area contributed by atoms with Gasteiger partial charge in [0.25, 0.3) is 0 Å². The van der Waals surface area contributed by atoms with Gasteiger partial charge in [0, 0.05) is 53.5 Å². The molecule has 54 heavy (non-hydrogen) atoms. The molecule has 2 unspecified atom stereocenters. The van der Waals surface area contributed by atoms with Crippen molar-refractivity contribution in [3.05, 3.63) is 87.8 Å². The number of nitrogens with one attached hydrogen (secondary N) is 1. The molecule has 2 aliphatic heterocycles. The average Bonchev–Trinajstić information content (AvgIpc) is 3.40. The number of rotatable bonds is 4. The minimum absolute atomic E-state index is 0.0852. The van der Waals surface area contributed by atoms with Crippen LogP contribution in [0.4, 0.5) is 5.82 Å². The van der Waals surface area contributed by atoms with Crippen LogP contribution in [-0.2, 0) is 29.0 Å². The first-order chi connectivity index (χ1) is 26.0. The number of Topliss-reactive ketones (excluding diaryl/α,β-unsaturated/α-hetero) is 1. The van der Waals surface area contributed by atoms with Crippen LogP contribution in [-0.4, -0.2) is 70.9 Å². The first-order valence-corrected chi connectivity index (χ1v) is 19.5. The van der Waals surface area contributed by atoms with Gasteiger partial charge in [-0.05, 0) is 109 Å². The number of halogens is 1. The largest absolute Gasteiger partial charge is 0.477 e. The third kappa shape index (κ3) is 6.67. The molecule has 4 aromatic heterocycles. The van der Waals surface area contributed by atoms with Crippen molar-refractivity contribution in [3.8, 4) is 17.0 Å². The zero-order valence-electron chi connectivity index (χ0n) is 30.9. The first-order valence-electron chi connectivity index (χ1n) is 18.7. The van der Waals surface area contributed by atoms with E-state index in [1.54, 1.807) is 22.0 Å². The predicted molar refractivity (Wildman–Crippen MR) is 207 cm³/mol. The molecular weight excluding hydrogens is 748 g/mol. The topological polar surface area (TPSA) is 145 Å². The van der Waals surface area contributed by atoms with E-state index in [9.17, 15) is 14.4 Å². The molecule has 0 radical (unpaired) electrons. The molecule has 278 valence electrons. The predicted octanol–water partition coefficient (Wildman–Crippen LogP) is 6.85. The van der Waals surface area contributed by atoms with Gasteiger partial charge in [0.15, 0.2) is 5.78 Å². The first kappa shape index (κ1) is 36.0. The molecule has 1 N–H and O–H groups in total. The summed E-state index contributed by atoms with van der Waals surface area (Å²) < 4.78 is 8.67. The number of aromatic nitrogens is 6. The van der Waals surface area contributed by atoms with Crippen molar-refractivity contribution in [2.24, 2.45) is 11.3 Å². The van der Waals surface area contributed by atoms with E-state index in [1.807, 2.05) is 50.2 Å². The molecule has 6 heterocycles. The number of ketones is 1. The Kier molecular flexibility index (Phi) is 9.53. The quantitative estimate of drug-likeness (QED) is 0.153. The highest BCUT2D eigenvalue weighted by Gasteiger charge is 2.73. The van der Waals surface area contributed by atoms with Gasteiger partial charge in [-0.15, -0.1) is 0 Å². The van der Waals surface area contributed by atoms with Crippen molar-refractivity contribution in [2.75, 3.05) is 11.9 Å². The Hall–Kier alpha value is -5.04. The summed E-state index contributed by atoms with van der Waals surface area (Å²) in [7, 11) is 0. The highest BCUT2D eigenvalue weighted by molar-refractivity contribution is 9.10. The maximum atomic E-state index is 14.8. The monoisotopic (exact) mass is 790 g/mol. The maximum Gasteiger partial charge on any atom is 0.248 e. The molecule has 0 spiro atoms. The third-order valence-corrected chi connectivity index (χ3v) is 12.0. The number of hydrogen-bond acceptors (Lipinski definition) is 9. The molecule has 1 aliphatic carbocycles. The summed E-state index contributed by atoms with van der Waals surface area (Å²) in [6, 6.07) is 12.7. The van der Waals surface area contributed by atoms with Crippen molar-refractivity contribution in [2.45, 2.75) is 91.3 Å². The van der Waals surface area contributed by atoms with Crippen molar-refractivity contribution in [1.82, 2.24) is 34.6 Å². The smallest absolute Gasteiger partial charge is 0.248 e. The van der Waals surface area contributed by atoms with E-state index < -0.39 is 11.5 Å². The Morgan fingerprint density at radius 3 is 2.54 bits per heavy atom. The summed E-state index contributed by atoms with van der Waals surface area (Å²) >= 11 is 3.42. The fourth-order valence-electron chi connectivity index (χ4n) is 8.55. The number of carbonyl (C=O) groups excluding carboxylic acids is 3. The van der Waals surface area contributed by atoms with Crippen molar-refractivity contribution in [3.63, 3.8) is 0 Å². The lowest BCUT2D eigenvalue weighted by atomic mass is 9.96. The lowest BCUT2D eigenvalue weighted by Gasteiger charge is -2.28. The number of piperidine rings is 1. The summed E-state index contributed by atoms with van der Waals surface area (Å²) in [5.74, 6) is 1.00. The fraction of sp³-hybridized carbons (Fsp3) is 0.415. The van der Waals surface area contributed by atoms with Gasteiger partial charge in [-0.3, -0.25) is 19.1 Å². The normalized spacial score (nSPS) is 22.8. The number of fused-ring (bicyclic) bond motifs is 2. The molecule has 1 saturated carbocycles. The SMILES string of the molecule is CC(=O)c1nn2c3c(cc(-c4cnc(C)nc4)cc13)CCCCCCc1cccc(n1)OC[C@@]13C[C@@H](C(=O)Nc4nc(Br)ccc4C)N(C(=O)C2)C1C3C. The van der Waals surface area contributed by atoms with Gasteiger partial charge in [0.05, 0.1) is 12.1 Å². The minimum atomic E-state index is -0.769. The van der Waals surface area contributed by atoms with Crippen LogP contribution in [0, 0.1) is 25.2 Å². The lowest BCUT2D eigenvalue weighted by Crippen LogP contribution is -2.47. The molecular formula is C41H43BrN8O4. The second-order valence-corrected chi connectivity index (χ2v) is 15.9. The van der Waals surface area contributed by atoms with E-state index in [0.29, 0.717) is 46.2 Å². The summed E-state index contributed by atoms with van der Waals surface area (Å²) in [6.07, 6.45) is 9.52. The van der Waals surface area contributed by atoms with Crippen molar-refractivity contribution >= 4 is 50.2 Å². The summed E-state index contributed by atoms with van der Waals surface area (Å²) in [6.45, 7) is 7.53. The maximum absolute atomic E-state index is 14.8. The van der Waals surface area contributed by atoms with Gasteiger partial charge in [0.1, 0.15) is 34.5 Å². The Labute approximate surface area is 322 Å². The van der Waals surface area contributed by atoms with Crippen LogP contribution in [0.15, 0.2) is 59.5 Å². The highest BCUT2D eigenvalue weighted by Crippen LogP contribution is 2.64. The molecule has 12 nitrogen and oxygen atoms in total. The molecule has 2 fully saturated rings. The highest BCUT2D eigenvalue weighted by atomic mass is 79.9. The number of hydrogen-bond donors (Lipinski definition) is 1. The van der Waals surface area contributed by atoms with Crippen LogP contribution in [0.2, 0.25) is 0 Å². The number of ether oxygens (including phenoxy) is 1. The number of pyridine rings is 2. The summed E-state index contributed by atoms with van der Waals surface area (Å²) in [4.78, 5) is 62.0. The number of carbonyl (C=O) groups is 3. The summed E-state index contributed by atoms with van der Waals surface area (Å²) in [5.41, 5.74) is 5.14. The molecule has 3 aliphatic rings. The van der Waals surface area contributed by atoms with E-state index >= 15 is 0 Å². The van der Waals surface area contributed by atoms with E-state index in [-0.39, 0.29) is 36.1 Å². The molecule has 1 saturated heterocycles. The second-order valence-electron chi connectivity index (χ2n) is 15.1. The van der Waals surface area contributed by atoms with Crippen LogP contribution in [0.25, 0.3) is 22.0 Å². The summed E-state index contributed by atoms with van der Waals surface area (Å²) in [5, 5.41) is 8.51. The number of benzene rings is 1. The van der Waals surface area contributed by atoms with Gasteiger partial charge in [-0.25, -0.2) is 19.9 Å². The van der Waals surface area contributed by atoms with Gasteiger partial charge >= 0.3 is 0 Å². The zero-order valence-corrected chi connectivity index (χ0v) is 32.5. The fourth-order valence-corrected chi connectivity index (χ4v) is 8.86. The number of amides is 2. The van der Waals surface area contributed by atoms with E-state index in [2.05, 4.69) is 49.2 Å². The molecule has 2 amide bonds. The van der Waals surface area contributed by atoms with Crippen LogP contribution in [0.1, 0.15) is 79.1 Å². The standard InChI is InChI=1S/C41H43BrN8O4/c1-23-14-15-33(42)46-39(23)47-40(53)32-18-41-22-54-34-13-9-12-30(45-34)11-8-6-5-7-10-27-16-28(29-19-43-26(4)44-20-29)17-31-36(25(3)51)48-49(37(27)31)21-35(52)50(32)38(41)24(41)2/h9,12-17,19-20,24,32,38H,5-8,10-11,18,21-22H2,1-4H3,(H,46,47,53)/t24?,32-,38?,41+/m0/s1. The molecule has 4 bridgehead atoms. The Balaban J connectivity index is 1.21. The third-order valence-electron chi connectivity index (χ3n) is 11.5. The second kappa shape index (κ2) is 14.3. The molecule has 8 rings (SSSR count). The van der Waals surface area contributed by atoms with E-state index in [1.165, 1.54) is 6.92 Å². The number of aryl methyl sites for hydroxylation is 4. The van der Waals surface area contributed by atoms with E-state index in [4.69, 9.17) is 14.8 Å². The Bertz CT molecular complexity index is 2290. The van der Waals surface area contributed by atoms with Crippen LogP contribution in [0.5, 0.6) is 5.88 Å². The Morgan fingerprint density at radius 2 is 1.76 bits per heavy atom. The van der Waals surface area contributed by atoms with Crippen LogP contribution >= 0.6 is 15.9 Å². The molecule has 13 heteroatoms. The van der Waals surface area contributed by atoms with Crippen molar-refractivity contribution in [1.29, 1.82) is 0 Å². The Morgan fingerprint density at radius 1 is 0.981 bits per heavy atom. The minimum Gasteiger partial charge on any atom is -0.477 e. The molecule has 4 atom stereocenters. The van der Waals surface area contributed by atoms with Gasteiger partial charge in [-0.2, -0.15) is 5.10 Å². The van der Waals surface area contributed by atoms with Crippen molar-refractivity contribution < 1.29 is 19.1 Å². The zero-order chi connectivity index (χ0) is 37.7.